The lowest BCUT2D eigenvalue weighted by molar-refractivity contribution is -0.149. The number of alkyl carbamates (subject to hydrolysis) is 1. The summed E-state index contributed by atoms with van der Waals surface area (Å²) in [4.78, 5) is 11.6. The molecule has 2 atom stereocenters. The monoisotopic (exact) mass is 340 g/mol. The van der Waals surface area contributed by atoms with E-state index in [1.807, 2.05) is 20.8 Å². The maximum Gasteiger partial charge on any atom is 0.407 e. The topological polar surface area (TPSA) is 59.6 Å². The van der Waals surface area contributed by atoms with Crippen LogP contribution in [0.2, 0.25) is 0 Å². The van der Waals surface area contributed by atoms with Gasteiger partial charge in [-0.1, -0.05) is 19.3 Å². The van der Waals surface area contributed by atoms with E-state index in [2.05, 4.69) is 17.6 Å². The molecular weight excluding hydrogens is 304 g/mol. The second-order valence-corrected chi connectivity index (χ2v) is 8.26. The van der Waals surface area contributed by atoms with Gasteiger partial charge in [-0.05, 0) is 59.9 Å². The number of rotatable bonds is 7. The minimum absolute atomic E-state index is 0.327. The van der Waals surface area contributed by atoms with Crippen LogP contribution in [0.1, 0.15) is 72.6 Å². The third kappa shape index (κ3) is 5.09. The fourth-order valence-corrected chi connectivity index (χ4v) is 4.22. The Kier molecular flexibility index (Phi) is 6.93. The molecule has 0 bridgehead atoms. The molecule has 5 heteroatoms. The van der Waals surface area contributed by atoms with E-state index >= 15 is 0 Å². The van der Waals surface area contributed by atoms with E-state index in [1.54, 1.807) is 0 Å². The molecule has 2 rings (SSSR count). The lowest BCUT2D eigenvalue weighted by Crippen LogP contribution is -2.64. The summed E-state index contributed by atoms with van der Waals surface area (Å²) in [5.74, 6) is 0. The molecule has 0 aliphatic heterocycles. The normalized spacial score (nSPS) is 26.0. The van der Waals surface area contributed by atoms with Gasteiger partial charge >= 0.3 is 6.09 Å². The summed E-state index contributed by atoms with van der Waals surface area (Å²) in [6.45, 7) is 10.1. The van der Waals surface area contributed by atoms with Gasteiger partial charge in [-0.3, -0.25) is 0 Å². The summed E-state index contributed by atoms with van der Waals surface area (Å²) in [7, 11) is 0. The van der Waals surface area contributed by atoms with Gasteiger partial charge in [0, 0.05) is 24.6 Å². The molecule has 0 radical (unpaired) electrons. The fourth-order valence-electron chi connectivity index (χ4n) is 4.22. The van der Waals surface area contributed by atoms with Gasteiger partial charge in [0.1, 0.15) is 5.60 Å². The SMILES string of the molecule is CCOC1CC(NCCCNC(=O)OC(C)(C)C)C12CCCCC2. The fraction of sp³-hybridized carbons (Fsp3) is 0.947. The molecule has 0 aromatic heterocycles. The molecule has 24 heavy (non-hydrogen) atoms. The standard InChI is InChI=1S/C19H36N2O3/c1-5-23-16-14-15(19(16)10-7-6-8-11-19)20-12-9-13-21-17(22)24-18(2,3)4/h15-16,20H,5-14H2,1-4H3,(H,21,22). The van der Waals surface area contributed by atoms with Crippen LogP contribution in [0.25, 0.3) is 0 Å². The van der Waals surface area contributed by atoms with Gasteiger partial charge in [-0.2, -0.15) is 0 Å². The molecule has 1 amide bonds. The average molecular weight is 341 g/mol. The summed E-state index contributed by atoms with van der Waals surface area (Å²) in [5.41, 5.74) is -0.0667. The molecule has 0 heterocycles. The maximum absolute atomic E-state index is 11.6. The Bertz CT molecular complexity index is 400. The van der Waals surface area contributed by atoms with Crippen molar-refractivity contribution in [3.05, 3.63) is 0 Å². The first-order chi connectivity index (χ1) is 11.4. The number of nitrogens with one attached hydrogen (secondary N) is 2. The zero-order valence-corrected chi connectivity index (χ0v) is 16.0. The number of hydrogen-bond donors (Lipinski definition) is 2. The summed E-state index contributed by atoms with van der Waals surface area (Å²) < 4.78 is 11.2. The van der Waals surface area contributed by atoms with Crippen molar-refractivity contribution in [3.8, 4) is 0 Å². The van der Waals surface area contributed by atoms with Crippen LogP contribution in [0.4, 0.5) is 4.79 Å². The first kappa shape index (κ1) is 19.5. The maximum atomic E-state index is 11.6. The zero-order valence-electron chi connectivity index (χ0n) is 16.0. The van der Waals surface area contributed by atoms with Crippen molar-refractivity contribution in [2.24, 2.45) is 5.41 Å². The Balaban J connectivity index is 1.66. The molecule has 2 fully saturated rings. The largest absolute Gasteiger partial charge is 0.444 e. The van der Waals surface area contributed by atoms with E-state index in [9.17, 15) is 4.79 Å². The summed E-state index contributed by atoms with van der Waals surface area (Å²) in [5, 5.41) is 6.54. The summed E-state index contributed by atoms with van der Waals surface area (Å²) in [6, 6.07) is 0.580. The van der Waals surface area contributed by atoms with E-state index in [0.717, 1.165) is 26.0 Å². The van der Waals surface area contributed by atoms with E-state index in [-0.39, 0.29) is 6.09 Å². The molecule has 0 aromatic carbocycles. The van der Waals surface area contributed by atoms with Crippen LogP contribution in [0, 0.1) is 5.41 Å². The Morgan fingerprint density at radius 1 is 1.17 bits per heavy atom. The van der Waals surface area contributed by atoms with E-state index < -0.39 is 5.60 Å². The smallest absolute Gasteiger partial charge is 0.407 e. The molecular formula is C19H36N2O3. The van der Waals surface area contributed by atoms with Crippen LogP contribution in [-0.4, -0.2) is 43.5 Å². The lowest BCUT2D eigenvalue weighted by atomic mass is 9.55. The summed E-state index contributed by atoms with van der Waals surface area (Å²) >= 11 is 0. The van der Waals surface area contributed by atoms with Gasteiger partial charge in [-0.15, -0.1) is 0 Å². The Labute approximate surface area is 147 Å². The van der Waals surface area contributed by atoms with Crippen LogP contribution in [-0.2, 0) is 9.47 Å². The molecule has 0 saturated heterocycles. The van der Waals surface area contributed by atoms with Gasteiger partial charge in [0.2, 0.25) is 0 Å². The van der Waals surface area contributed by atoms with Crippen LogP contribution in [0.15, 0.2) is 0 Å². The molecule has 0 aromatic rings. The van der Waals surface area contributed by atoms with Crippen molar-refractivity contribution >= 4 is 6.09 Å². The van der Waals surface area contributed by atoms with Gasteiger partial charge < -0.3 is 20.1 Å². The van der Waals surface area contributed by atoms with Gasteiger partial charge in [-0.25, -0.2) is 4.79 Å². The van der Waals surface area contributed by atoms with Crippen molar-refractivity contribution in [2.75, 3.05) is 19.7 Å². The Hall–Kier alpha value is -0.810. The third-order valence-corrected chi connectivity index (χ3v) is 5.35. The predicted octanol–water partition coefficient (Wildman–Crippen LogP) is 3.62. The lowest BCUT2D eigenvalue weighted by Gasteiger charge is -2.58. The van der Waals surface area contributed by atoms with Crippen LogP contribution >= 0.6 is 0 Å². The highest BCUT2D eigenvalue weighted by Gasteiger charge is 2.55. The molecule has 5 nitrogen and oxygen atoms in total. The van der Waals surface area contributed by atoms with Crippen molar-refractivity contribution in [1.82, 2.24) is 10.6 Å². The van der Waals surface area contributed by atoms with Crippen LogP contribution in [0.3, 0.4) is 0 Å². The van der Waals surface area contributed by atoms with Crippen molar-refractivity contribution in [1.29, 1.82) is 0 Å². The molecule has 2 saturated carbocycles. The molecule has 2 unspecified atom stereocenters. The number of amides is 1. The molecule has 140 valence electrons. The number of carbonyl (C=O) groups excluding carboxylic acids is 1. The van der Waals surface area contributed by atoms with Gasteiger partial charge in [0.25, 0.3) is 0 Å². The van der Waals surface area contributed by atoms with Crippen LogP contribution in [0.5, 0.6) is 0 Å². The molecule has 2 aliphatic carbocycles. The minimum atomic E-state index is -0.435. The second kappa shape index (κ2) is 8.52. The van der Waals surface area contributed by atoms with Crippen molar-refractivity contribution in [2.45, 2.75) is 90.4 Å². The van der Waals surface area contributed by atoms with E-state index in [4.69, 9.17) is 9.47 Å². The average Bonchev–Trinajstić information content (AvgIpc) is 2.51. The summed E-state index contributed by atoms with van der Waals surface area (Å²) in [6.07, 6.45) is 8.80. The van der Waals surface area contributed by atoms with Crippen molar-refractivity contribution in [3.63, 3.8) is 0 Å². The molecule has 2 aliphatic rings. The van der Waals surface area contributed by atoms with E-state index in [1.165, 1.54) is 32.1 Å². The van der Waals surface area contributed by atoms with E-state index in [0.29, 0.717) is 24.1 Å². The molecule has 2 N–H and O–H groups in total. The van der Waals surface area contributed by atoms with Crippen molar-refractivity contribution < 1.29 is 14.3 Å². The number of carbonyl (C=O) groups is 1. The highest BCUT2D eigenvalue weighted by Crippen LogP contribution is 2.53. The quantitative estimate of drug-likeness (QED) is 0.695. The molecule has 1 spiro atoms. The highest BCUT2D eigenvalue weighted by atomic mass is 16.6. The first-order valence-corrected chi connectivity index (χ1v) is 9.69. The number of ether oxygens (including phenoxy) is 2. The Morgan fingerprint density at radius 3 is 2.50 bits per heavy atom. The number of hydrogen-bond acceptors (Lipinski definition) is 4. The second-order valence-electron chi connectivity index (χ2n) is 8.26. The van der Waals surface area contributed by atoms with Crippen LogP contribution < -0.4 is 10.6 Å². The predicted molar refractivity (Wildman–Crippen MR) is 96.2 cm³/mol. The Morgan fingerprint density at radius 2 is 1.88 bits per heavy atom. The van der Waals surface area contributed by atoms with Gasteiger partial charge in [0.15, 0.2) is 0 Å². The minimum Gasteiger partial charge on any atom is -0.444 e. The van der Waals surface area contributed by atoms with Gasteiger partial charge in [0.05, 0.1) is 6.10 Å². The first-order valence-electron chi connectivity index (χ1n) is 9.69. The zero-order chi connectivity index (χ0) is 17.6. The third-order valence-electron chi connectivity index (χ3n) is 5.35. The highest BCUT2D eigenvalue weighted by molar-refractivity contribution is 5.67.